The Balaban J connectivity index is 1.53. The van der Waals surface area contributed by atoms with Gasteiger partial charge in [0.2, 0.25) is 0 Å². The van der Waals surface area contributed by atoms with Gasteiger partial charge in [-0.05, 0) is 18.1 Å². The van der Waals surface area contributed by atoms with E-state index < -0.39 is 48.4 Å². The molecule has 38 heavy (non-hydrogen) atoms. The van der Waals surface area contributed by atoms with Gasteiger partial charge in [-0.1, -0.05) is 12.1 Å². The zero-order valence-corrected chi connectivity index (χ0v) is 21.5. The van der Waals surface area contributed by atoms with E-state index in [0.717, 1.165) is 4.90 Å². The highest BCUT2D eigenvalue weighted by Crippen LogP contribution is 2.48. The molecule has 208 valence electrons. The Morgan fingerprint density at radius 3 is 2.55 bits per heavy atom. The lowest BCUT2D eigenvalue weighted by molar-refractivity contribution is -0.157. The Morgan fingerprint density at radius 2 is 1.95 bits per heavy atom. The molecule has 14 heteroatoms. The number of alkyl halides is 4. The first-order valence-corrected chi connectivity index (χ1v) is 12.2. The number of aryl methyl sites for hydroxylation is 2. The highest BCUT2D eigenvalue weighted by atomic mass is 19.3. The number of ether oxygens (including phenoxy) is 2. The summed E-state index contributed by atoms with van der Waals surface area (Å²) in [6.45, 7) is 2.63. The number of nitrogens with one attached hydrogen (secondary N) is 1. The lowest BCUT2D eigenvalue weighted by atomic mass is 9.89. The second-order valence-corrected chi connectivity index (χ2v) is 9.76. The fourth-order valence-electron chi connectivity index (χ4n) is 4.61. The summed E-state index contributed by atoms with van der Waals surface area (Å²) in [5.41, 5.74) is 1.79. The molecule has 0 aromatic carbocycles. The first-order valence-electron chi connectivity index (χ1n) is 12.2. The van der Waals surface area contributed by atoms with Crippen molar-refractivity contribution in [1.82, 2.24) is 30.2 Å². The first kappa shape index (κ1) is 27.7. The number of carbonyl (C=O) groups excluding carboxylic acids is 2. The monoisotopic (exact) mass is 542 g/mol. The van der Waals surface area contributed by atoms with Crippen molar-refractivity contribution in [1.29, 1.82) is 0 Å². The van der Waals surface area contributed by atoms with Crippen molar-refractivity contribution in [2.75, 3.05) is 20.1 Å². The third-order valence-corrected chi connectivity index (χ3v) is 6.76. The van der Waals surface area contributed by atoms with Gasteiger partial charge >= 0.3 is 12.1 Å². The molecule has 2 aromatic heterocycles. The van der Waals surface area contributed by atoms with Crippen LogP contribution in [0.1, 0.15) is 49.7 Å². The van der Waals surface area contributed by atoms with Gasteiger partial charge in [0.05, 0.1) is 12.5 Å². The number of rotatable bonds is 8. The number of carbonyl (C=O) groups is 2. The number of pyridine rings is 1. The fourth-order valence-corrected chi connectivity index (χ4v) is 4.61. The van der Waals surface area contributed by atoms with Gasteiger partial charge in [0, 0.05) is 63.9 Å². The van der Waals surface area contributed by atoms with Gasteiger partial charge in [-0.25, -0.2) is 27.0 Å². The number of nitrogens with zero attached hydrogens (tertiary/aromatic N) is 5. The Morgan fingerprint density at radius 1 is 1.24 bits per heavy atom. The molecule has 4 rings (SSSR count). The van der Waals surface area contributed by atoms with Gasteiger partial charge in [-0.2, -0.15) is 0 Å². The van der Waals surface area contributed by atoms with Crippen molar-refractivity contribution in [3.63, 3.8) is 0 Å². The van der Waals surface area contributed by atoms with E-state index in [9.17, 15) is 18.4 Å². The van der Waals surface area contributed by atoms with E-state index in [-0.39, 0.29) is 37.4 Å². The van der Waals surface area contributed by atoms with E-state index >= 15 is 8.78 Å². The van der Waals surface area contributed by atoms with Crippen molar-refractivity contribution in [3.05, 3.63) is 29.2 Å². The van der Waals surface area contributed by atoms with E-state index in [1.165, 1.54) is 24.9 Å². The lowest BCUT2D eigenvalue weighted by Gasteiger charge is -2.37. The second kappa shape index (κ2) is 10.5. The smallest absolute Gasteiger partial charge is 0.409 e. The molecule has 1 amide bonds. The third-order valence-electron chi connectivity index (χ3n) is 6.76. The summed E-state index contributed by atoms with van der Waals surface area (Å²) in [4.78, 5) is 29.1. The molecular formula is C24H30F4N6O4. The zero-order valence-electron chi connectivity index (χ0n) is 21.5. The average Bonchev–Trinajstić information content (AvgIpc) is 3.26. The van der Waals surface area contributed by atoms with Crippen LogP contribution in [0.4, 0.5) is 22.4 Å². The SMILES string of the molecule is CCc1ncc(-c2nnn(C)c2COC(=O)N(C)CC2CC2(F)F)cc1C1NC[C@@H](OC(C)=O)CC1(F)F. The van der Waals surface area contributed by atoms with Crippen LogP contribution < -0.4 is 5.32 Å². The van der Waals surface area contributed by atoms with Gasteiger partial charge in [-0.15, -0.1) is 5.10 Å². The standard InChI is InChI=1S/C24H30F4N6O4/c1-5-18-17(21-24(27,28)8-16(10-30-21)38-13(2)35)6-14(9-29-18)20-19(34(4)32-31-20)12-37-22(36)33(3)11-15-7-23(15,25)26/h6,9,15-16,21,30H,5,7-8,10-12H2,1-4H3/t15?,16-,21?/m0/s1. The fraction of sp³-hybridized carbons (Fsp3) is 0.625. The minimum absolute atomic E-state index is 0.0554. The summed E-state index contributed by atoms with van der Waals surface area (Å²) in [6.07, 6.45) is -0.748. The van der Waals surface area contributed by atoms with E-state index in [1.807, 2.05) is 0 Å². The number of aromatic nitrogens is 4. The van der Waals surface area contributed by atoms with Crippen LogP contribution in [0.3, 0.4) is 0 Å². The minimum atomic E-state index is -3.23. The third kappa shape index (κ3) is 5.89. The molecule has 0 radical (unpaired) electrons. The highest BCUT2D eigenvalue weighted by molar-refractivity contribution is 5.68. The molecule has 1 aliphatic carbocycles. The summed E-state index contributed by atoms with van der Waals surface area (Å²) in [5, 5.41) is 10.9. The van der Waals surface area contributed by atoms with Crippen molar-refractivity contribution in [2.24, 2.45) is 13.0 Å². The molecule has 1 N–H and O–H groups in total. The molecule has 2 aromatic rings. The Hall–Kier alpha value is -3.29. The van der Waals surface area contributed by atoms with Crippen LogP contribution in [0, 0.1) is 5.92 Å². The quantitative estimate of drug-likeness (QED) is 0.400. The molecule has 1 saturated heterocycles. The molecular weight excluding hydrogens is 512 g/mol. The van der Waals surface area contributed by atoms with Gasteiger partial charge in [0.15, 0.2) is 0 Å². The Bertz CT molecular complexity index is 1210. The maximum Gasteiger partial charge on any atom is 0.409 e. The number of halogens is 4. The maximum absolute atomic E-state index is 15.2. The van der Waals surface area contributed by atoms with Crippen molar-refractivity contribution in [2.45, 2.75) is 63.7 Å². The van der Waals surface area contributed by atoms with E-state index in [2.05, 4.69) is 20.6 Å². The molecule has 3 atom stereocenters. The van der Waals surface area contributed by atoms with Crippen LogP contribution in [0.2, 0.25) is 0 Å². The number of esters is 1. The predicted octanol–water partition coefficient (Wildman–Crippen LogP) is 3.26. The summed E-state index contributed by atoms with van der Waals surface area (Å²) < 4.78 is 68.4. The van der Waals surface area contributed by atoms with Gasteiger partial charge < -0.3 is 19.7 Å². The summed E-state index contributed by atoms with van der Waals surface area (Å²) in [6, 6.07) is 0.184. The lowest BCUT2D eigenvalue weighted by Crippen LogP contribution is -2.50. The molecule has 0 spiro atoms. The molecule has 0 bridgehead atoms. The minimum Gasteiger partial charge on any atom is -0.461 e. The van der Waals surface area contributed by atoms with Crippen molar-refractivity contribution in [3.8, 4) is 11.3 Å². The van der Waals surface area contributed by atoms with Crippen LogP contribution in [0.15, 0.2) is 12.3 Å². The molecule has 2 fully saturated rings. The van der Waals surface area contributed by atoms with Crippen LogP contribution in [0.25, 0.3) is 11.3 Å². The second-order valence-electron chi connectivity index (χ2n) is 9.76. The first-order chi connectivity index (χ1) is 17.8. The predicted molar refractivity (Wildman–Crippen MR) is 125 cm³/mol. The average molecular weight is 543 g/mol. The molecule has 2 unspecified atom stereocenters. The summed E-state index contributed by atoms with van der Waals surface area (Å²) >= 11 is 0. The van der Waals surface area contributed by atoms with Crippen LogP contribution in [-0.4, -0.2) is 75.0 Å². The number of amides is 1. The van der Waals surface area contributed by atoms with E-state index in [1.54, 1.807) is 20.0 Å². The van der Waals surface area contributed by atoms with Crippen molar-refractivity contribution < 1.29 is 36.6 Å². The van der Waals surface area contributed by atoms with Crippen LogP contribution in [0.5, 0.6) is 0 Å². The molecule has 3 heterocycles. The number of piperidine rings is 1. The highest BCUT2D eigenvalue weighted by Gasteiger charge is 2.57. The summed E-state index contributed by atoms with van der Waals surface area (Å²) in [5.74, 6) is -7.50. The maximum atomic E-state index is 15.2. The van der Waals surface area contributed by atoms with E-state index in [0.29, 0.717) is 23.4 Å². The normalized spacial score (nSPS) is 23.5. The van der Waals surface area contributed by atoms with Crippen LogP contribution in [-0.2, 0) is 34.3 Å². The molecule has 1 saturated carbocycles. The zero-order chi connectivity index (χ0) is 27.8. The molecule has 1 aliphatic heterocycles. The molecule has 2 aliphatic rings. The van der Waals surface area contributed by atoms with Gasteiger partial charge in [-0.3, -0.25) is 9.78 Å². The number of hydrogen-bond acceptors (Lipinski definition) is 8. The van der Waals surface area contributed by atoms with E-state index in [4.69, 9.17) is 9.47 Å². The van der Waals surface area contributed by atoms with Crippen molar-refractivity contribution >= 4 is 12.1 Å². The van der Waals surface area contributed by atoms with Gasteiger partial charge in [0.1, 0.15) is 24.1 Å². The molecule has 10 nitrogen and oxygen atoms in total. The summed E-state index contributed by atoms with van der Waals surface area (Å²) in [7, 11) is 2.96. The number of hydrogen-bond donors (Lipinski definition) is 1. The Kier molecular flexibility index (Phi) is 7.64. The van der Waals surface area contributed by atoms with Crippen LogP contribution >= 0.6 is 0 Å². The van der Waals surface area contributed by atoms with Gasteiger partial charge in [0.25, 0.3) is 11.8 Å². The Labute approximate surface area is 216 Å². The topological polar surface area (TPSA) is 111 Å². The largest absolute Gasteiger partial charge is 0.461 e.